The fourth-order valence-electron chi connectivity index (χ4n) is 2.34. The van der Waals surface area contributed by atoms with E-state index in [9.17, 15) is 9.59 Å². The molecule has 0 bridgehead atoms. The van der Waals surface area contributed by atoms with Crippen LogP contribution in [-0.4, -0.2) is 69.3 Å². The fourth-order valence-corrected chi connectivity index (χ4v) is 2.34. The lowest BCUT2D eigenvalue weighted by Crippen LogP contribution is -2.36. The lowest BCUT2D eigenvalue weighted by molar-refractivity contribution is -0.138. The maximum atomic E-state index is 12.1. The molecule has 114 valence electrons. The van der Waals surface area contributed by atoms with Gasteiger partial charge in [0.1, 0.15) is 0 Å². The SMILES string of the molecule is Cn1cc(C=CC(=O)N2CCCN(CC(=O)O)CC2)cn1. The Hall–Kier alpha value is -2.15. The maximum Gasteiger partial charge on any atom is 0.317 e. The Morgan fingerprint density at radius 3 is 2.81 bits per heavy atom. The molecule has 1 aliphatic heterocycles. The minimum atomic E-state index is -0.828. The minimum Gasteiger partial charge on any atom is -0.480 e. The second kappa shape index (κ2) is 7.03. The first kappa shape index (κ1) is 15.2. The lowest BCUT2D eigenvalue weighted by atomic mass is 10.3. The monoisotopic (exact) mass is 292 g/mol. The van der Waals surface area contributed by atoms with Crippen LogP contribution in [0.1, 0.15) is 12.0 Å². The van der Waals surface area contributed by atoms with Crippen LogP contribution < -0.4 is 0 Å². The van der Waals surface area contributed by atoms with Crippen molar-refractivity contribution in [3.8, 4) is 0 Å². The largest absolute Gasteiger partial charge is 0.480 e. The molecule has 1 N–H and O–H groups in total. The molecule has 0 aromatic carbocycles. The number of rotatable bonds is 4. The molecule has 0 saturated carbocycles. The summed E-state index contributed by atoms with van der Waals surface area (Å²) in [5.74, 6) is -0.873. The number of aromatic nitrogens is 2. The Kier molecular flexibility index (Phi) is 5.10. The third kappa shape index (κ3) is 4.71. The molecule has 0 spiro atoms. The van der Waals surface area contributed by atoms with Crippen LogP contribution in [0.25, 0.3) is 6.08 Å². The highest BCUT2D eigenvalue weighted by molar-refractivity contribution is 5.91. The highest BCUT2D eigenvalue weighted by Gasteiger charge is 2.18. The van der Waals surface area contributed by atoms with Gasteiger partial charge in [-0.3, -0.25) is 19.2 Å². The average molecular weight is 292 g/mol. The molecule has 0 radical (unpaired) electrons. The van der Waals surface area contributed by atoms with Crippen LogP contribution in [0.2, 0.25) is 0 Å². The zero-order chi connectivity index (χ0) is 15.2. The van der Waals surface area contributed by atoms with Crippen molar-refractivity contribution in [3.05, 3.63) is 24.0 Å². The van der Waals surface area contributed by atoms with E-state index in [0.29, 0.717) is 26.2 Å². The van der Waals surface area contributed by atoms with Crippen molar-refractivity contribution in [3.63, 3.8) is 0 Å². The van der Waals surface area contributed by atoms with Crippen LogP contribution >= 0.6 is 0 Å². The summed E-state index contributed by atoms with van der Waals surface area (Å²) >= 11 is 0. The zero-order valence-corrected chi connectivity index (χ0v) is 12.1. The van der Waals surface area contributed by atoms with Gasteiger partial charge in [-0.15, -0.1) is 0 Å². The number of hydrogen-bond donors (Lipinski definition) is 1. The number of carboxylic acids is 1. The summed E-state index contributed by atoms with van der Waals surface area (Å²) in [6, 6.07) is 0. The first-order chi connectivity index (χ1) is 10.0. The highest BCUT2D eigenvalue weighted by Crippen LogP contribution is 2.06. The molecule has 0 unspecified atom stereocenters. The van der Waals surface area contributed by atoms with E-state index in [2.05, 4.69) is 5.10 Å². The molecule has 2 rings (SSSR count). The molecule has 1 aliphatic rings. The molecular formula is C14H20N4O3. The molecule has 1 aromatic rings. The normalized spacial score (nSPS) is 17.1. The number of aryl methyl sites for hydroxylation is 1. The fraction of sp³-hybridized carbons (Fsp3) is 0.500. The van der Waals surface area contributed by atoms with E-state index in [-0.39, 0.29) is 12.5 Å². The zero-order valence-electron chi connectivity index (χ0n) is 12.1. The molecule has 1 fully saturated rings. The smallest absolute Gasteiger partial charge is 0.317 e. The Bertz CT molecular complexity index is 538. The third-order valence-corrected chi connectivity index (χ3v) is 3.40. The first-order valence-electron chi connectivity index (χ1n) is 6.94. The van der Waals surface area contributed by atoms with Gasteiger partial charge in [-0.2, -0.15) is 5.10 Å². The van der Waals surface area contributed by atoms with Gasteiger partial charge >= 0.3 is 5.97 Å². The molecule has 1 saturated heterocycles. The summed E-state index contributed by atoms with van der Waals surface area (Å²) in [6.45, 7) is 2.56. The van der Waals surface area contributed by atoms with Gasteiger partial charge in [0.05, 0.1) is 12.7 Å². The van der Waals surface area contributed by atoms with Gasteiger partial charge in [0, 0.05) is 51.1 Å². The van der Waals surface area contributed by atoms with Crippen molar-refractivity contribution >= 4 is 18.0 Å². The summed E-state index contributed by atoms with van der Waals surface area (Å²) in [6.07, 6.45) is 7.61. The predicted octanol–water partition coefficient (Wildman–Crippen LogP) is 0.0522. The molecule has 7 nitrogen and oxygen atoms in total. The number of aliphatic carboxylic acids is 1. The van der Waals surface area contributed by atoms with Crippen LogP contribution in [0.15, 0.2) is 18.5 Å². The number of carbonyl (C=O) groups excluding carboxylic acids is 1. The summed E-state index contributed by atoms with van der Waals surface area (Å²) in [5.41, 5.74) is 0.883. The van der Waals surface area contributed by atoms with E-state index in [0.717, 1.165) is 12.0 Å². The minimum absolute atomic E-state index is 0.0353. The van der Waals surface area contributed by atoms with Crippen LogP contribution in [0.5, 0.6) is 0 Å². The number of carbonyl (C=O) groups is 2. The Labute approximate surface area is 123 Å². The van der Waals surface area contributed by atoms with Gasteiger partial charge in [-0.05, 0) is 12.5 Å². The second-order valence-corrected chi connectivity index (χ2v) is 5.13. The van der Waals surface area contributed by atoms with Crippen molar-refractivity contribution < 1.29 is 14.7 Å². The lowest BCUT2D eigenvalue weighted by Gasteiger charge is -2.19. The van der Waals surface area contributed by atoms with E-state index in [1.54, 1.807) is 27.9 Å². The first-order valence-corrected chi connectivity index (χ1v) is 6.94. The van der Waals surface area contributed by atoms with Crippen LogP contribution in [0, 0.1) is 0 Å². The molecule has 2 heterocycles. The number of nitrogens with zero attached hydrogens (tertiary/aromatic N) is 4. The van der Waals surface area contributed by atoms with Gasteiger partial charge in [-0.25, -0.2) is 0 Å². The topological polar surface area (TPSA) is 78.7 Å². The quantitative estimate of drug-likeness (QED) is 0.794. The molecule has 0 atom stereocenters. The molecule has 7 heteroatoms. The predicted molar refractivity (Wildman–Crippen MR) is 77.5 cm³/mol. The van der Waals surface area contributed by atoms with E-state index in [1.807, 2.05) is 18.1 Å². The van der Waals surface area contributed by atoms with Crippen molar-refractivity contribution in [2.45, 2.75) is 6.42 Å². The van der Waals surface area contributed by atoms with Crippen molar-refractivity contribution in [1.82, 2.24) is 19.6 Å². The van der Waals surface area contributed by atoms with Gasteiger partial charge in [0.2, 0.25) is 5.91 Å². The van der Waals surface area contributed by atoms with Crippen molar-refractivity contribution in [2.75, 3.05) is 32.7 Å². The summed E-state index contributed by atoms with van der Waals surface area (Å²) < 4.78 is 1.68. The average Bonchev–Trinajstić information content (AvgIpc) is 2.70. The molecular weight excluding hydrogens is 272 g/mol. The van der Waals surface area contributed by atoms with Crippen LogP contribution in [0.4, 0.5) is 0 Å². The summed E-state index contributed by atoms with van der Waals surface area (Å²) in [5, 5.41) is 12.8. The third-order valence-electron chi connectivity index (χ3n) is 3.40. The molecule has 1 amide bonds. The Morgan fingerprint density at radius 1 is 1.33 bits per heavy atom. The van der Waals surface area contributed by atoms with Gasteiger partial charge < -0.3 is 10.0 Å². The number of carboxylic acid groups (broad SMARTS) is 1. The van der Waals surface area contributed by atoms with Gasteiger partial charge in [0.25, 0.3) is 0 Å². The second-order valence-electron chi connectivity index (χ2n) is 5.13. The highest BCUT2D eigenvalue weighted by atomic mass is 16.4. The summed E-state index contributed by atoms with van der Waals surface area (Å²) in [4.78, 5) is 26.5. The maximum absolute atomic E-state index is 12.1. The van der Waals surface area contributed by atoms with Gasteiger partial charge in [-0.1, -0.05) is 0 Å². The van der Waals surface area contributed by atoms with E-state index in [1.165, 1.54) is 0 Å². The Morgan fingerprint density at radius 2 is 2.14 bits per heavy atom. The standard InChI is InChI=1S/C14H20N4O3/c1-16-10-12(9-15-16)3-4-13(19)18-6-2-5-17(7-8-18)11-14(20)21/h3-4,9-10H,2,5-8,11H2,1H3,(H,20,21). The van der Waals surface area contributed by atoms with Crippen LogP contribution in [0.3, 0.4) is 0 Å². The van der Waals surface area contributed by atoms with Crippen molar-refractivity contribution in [2.24, 2.45) is 7.05 Å². The molecule has 21 heavy (non-hydrogen) atoms. The van der Waals surface area contributed by atoms with Crippen LogP contribution in [-0.2, 0) is 16.6 Å². The van der Waals surface area contributed by atoms with Gasteiger partial charge in [0.15, 0.2) is 0 Å². The summed E-state index contributed by atoms with van der Waals surface area (Å²) in [7, 11) is 1.82. The molecule has 0 aliphatic carbocycles. The van der Waals surface area contributed by atoms with E-state index in [4.69, 9.17) is 5.11 Å². The number of hydrogen-bond acceptors (Lipinski definition) is 4. The Balaban J connectivity index is 1.88. The molecule has 1 aromatic heterocycles. The number of amides is 1. The van der Waals surface area contributed by atoms with E-state index < -0.39 is 5.97 Å². The van der Waals surface area contributed by atoms with E-state index >= 15 is 0 Å². The van der Waals surface area contributed by atoms with Crippen molar-refractivity contribution in [1.29, 1.82) is 0 Å².